The first kappa shape index (κ1) is 12.0. The summed E-state index contributed by atoms with van der Waals surface area (Å²) in [6.07, 6.45) is 7.50. The van der Waals surface area contributed by atoms with Crippen molar-refractivity contribution in [3.05, 3.63) is 11.9 Å². The lowest BCUT2D eigenvalue weighted by Gasteiger charge is -2.24. The molecule has 4 nitrogen and oxygen atoms in total. The molecule has 2 heterocycles. The molecule has 4 heteroatoms. The zero-order valence-electron chi connectivity index (χ0n) is 11.5. The zero-order chi connectivity index (χ0) is 12.5. The molecule has 1 aliphatic heterocycles. The van der Waals surface area contributed by atoms with Crippen molar-refractivity contribution in [2.75, 3.05) is 18.4 Å². The van der Waals surface area contributed by atoms with Crippen LogP contribution in [0.3, 0.4) is 0 Å². The lowest BCUT2D eigenvalue weighted by molar-refractivity contribution is 0.236. The van der Waals surface area contributed by atoms with Crippen LogP contribution in [0.2, 0.25) is 0 Å². The molecule has 3 rings (SSSR count). The van der Waals surface area contributed by atoms with Crippen LogP contribution in [0, 0.1) is 6.92 Å². The second kappa shape index (κ2) is 4.92. The third kappa shape index (κ3) is 2.69. The Morgan fingerprint density at radius 2 is 2.11 bits per heavy atom. The van der Waals surface area contributed by atoms with Crippen LogP contribution >= 0.6 is 0 Å². The molecule has 1 N–H and O–H groups in total. The minimum absolute atomic E-state index is 0.612. The number of aromatic nitrogens is 2. The summed E-state index contributed by atoms with van der Waals surface area (Å²) in [7, 11) is 0. The number of likely N-dealkylation sites (tertiary alicyclic amines) is 1. The number of nitrogens with one attached hydrogen (secondary N) is 1. The van der Waals surface area contributed by atoms with Crippen molar-refractivity contribution in [3.8, 4) is 0 Å². The Hall–Kier alpha value is -1.03. The zero-order valence-corrected chi connectivity index (χ0v) is 11.5. The van der Waals surface area contributed by atoms with Gasteiger partial charge in [0.15, 0.2) is 0 Å². The van der Waals surface area contributed by atoms with E-state index in [9.17, 15) is 0 Å². The lowest BCUT2D eigenvalue weighted by atomic mass is 10.3. The van der Waals surface area contributed by atoms with E-state index in [1.807, 2.05) is 0 Å². The maximum absolute atomic E-state index is 4.60. The average Bonchev–Trinajstić information content (AvgIpc) is 2.87. The van der Waals surface area contributed by atoms with Gasteiger partial charge in [-0.25, -0.2) is 4.98 Å². The first-order chi connectivity index (χ1) is 8.72. The molecule has 0 amide bonds. The Balaban J connectivity index is 1.66. The monoisotopic (exact) mass is 248 g/mol. The van der Waals surface area contributed by atoms with Gasteiger partial charge in [0, 0.05) is 24.8 Å². The molecule has 1 aromatic rings. The van der Waals surface area contributed by atoms with Gasteiger partial charge in [-0.05, 0) is 52.6 Å². The number of hydrogen-bond acceptors (Lipinski definition) is 3. The van der Waals surface area contributed by atoms with Crippen LogP contribution in [0.4, 0.5) is 5.95 Å². The van der Waals surface area contributed by atoms with Gasteiger partial charge in [0.1, 0.15) is 0 Å². The number of aryl methyl sites for hydroxylation is 1. The summed E-state index contributed by atoms with van der Waals surface area (Å²) < 4.78 is 2.30. The van der Waals surface area contributed by atoms with Gasteiger partial charge in [-0.2, -0.15) is 0 Å². The van der Waals surface area contributed by atoms with Crippen molar-refractivity contribution < 1.29 is 0 Å². The number of anilines is 1. The average molecular weight is 248 g/mol. The summed E-state index contributed by atoms with van der Waals surface area (Å²) in [4.78, 5) is 7.20. The van der Waals surface area contributed by atoms with E-state index in [2.05, 4.69) is 39.8 Å². The van der Waals surface area contributed by atoms with E-state index < -0.39 is 0 Å². The number of nitrogens with zero attached hydrogens (tertiary/aromatic N) is 3. The van der Waals surface area contributed by atoms with Crippen molar-refractivity contribution in [1.82, 2.24) is 14.5 Å². The first-order valence-electron chi connectivity index (χ1n) is 7.27. The van der Waals surface area contributed by atoms with Gasteiger partial charge < -0.3 is 9.88 Å². The SMILES string of the molecule is Cc1cn(CC(C)N2CCCC2)c(NC2CC2)n1. The molecule has 0 bridgehead atoms. The molecule has 0 radical (unpaired) electrons. The molecular weight excluding hydrogens is 224 g/mol. The summed E-state index contributed by atoms with van der Waals surface area (Å²) in [5, 5.41) is 3.53. The van der Waals surface area contributed by atoms with Gasteiger partial charge in [-0.1, -0.05) is 0 Å². The van der Waals surface area contributed by atoms with Crippen molar-refractivity contribution in [2.24, 2.45) is 0 Å². The van der Waals surface area contributed by atoms with E-state index in [4.69, 9.17) is 0 Å². The molecule has 0 spiro atoms. The minimum atomic E-state index is 0.612. The highest BCUT2D eigenvalue weighted by Crippen LogP contribution is 2.25. The fourth-order valence-corrected chi connectivity index (χ4v) is 2.79. The summed E-state index contributed by atoms with van der Waals surface area (Å²) in [6.45, 7) is 7.99. The molecule has 18 heavy (non-hydrogen) atoms. The third-order valence-electron chi connectivity index (χ3n) is 4.03. The quantitative estimate of drug-likeness (QED) is 0.867. The minimum Gasteiger partial charge on any atom is -0.353 e. The summed E-state index contributed by atoms with van der Waals surface area (Å²) in [5.74, 6) is 1.07. The number of rotatable bonds is 5. The van der Waals surface area contributed by atoms with Crippen LogP contribution < -0.4 is 5.32 Å². The molecular formula is C14H24N4. The molecule has 2 fully saturated rings. The van der Waals surface area contributed by atoms with Crippen LogP contribution in [0.25, 0.3) is 0 Å². The van der Waals surface area contributed by atoms with Gasteiger partial charge in [-0.3, -0.25) is 4.90 Å². The molecule has 0 aromatic carbocycles. The molecule has 1 unspecified atom stereocenters. The van der Waals surface area contributed by atoms with E-state index in [-0.39, 0.29) is 0 Å². The Morgan fingerprint density at radius 1 is 1.39 bits per heavy atom. The van der Waals surface area contributed by atoms with E-state index >= 15 is 0 Å². The Bertz CT molecular complexity index is 402. The second-order valence-corrected chi connectivity index (χ2v) is 5.87. The predicted molar refractivity (Wildman–Crippen MR) is 73.9 cm³/mol. The molecule has 2 aliphatic rings. The molecule has 100 valence electrons. The standard InChI is InChI=1S/C14H24N4/c1-11-9-18(14(15-11)16-13-5-6-13)10-12(2)17-7-3-4-8-17/h9,12-13H,3-8,10H2,1-2H3,(H,15,16). The van der Waals surface area contributed by atoms with Gasteiger partial charge >= 0.3 is 0 Å². The number of hydrogen-bond donors (Lipinski definition) is 1. The van der Waals surface area contributed by atoms with Crippen LogP contribution in [-0.4, -0.2) is 39.6 Å². The third-order valence-corrected chi connectivity index (χ3v) is 4.03. The largest absolute Gasteiger partial charge is 0.353 e. The van der Waals surface area contributed by atoms with E-state index in [1.54, 1.807) is 0 Å². The number of imidazole rings is 1. The first-order valence-corrected chi connectivity index (χ1v) is 7.27. The van der Waals surface area contributed by atoms with Gasteiger partial charge in [0.05, 0.1) is 5.69 Å². The highest BCUT2D eigenvalue weighted by molar-refractivity contribution is 5.32. The van der Waals surface area contributed by atoms with E-state index in [0.717, 1.165) is 18.2 Å². The molecule has 1 atom stereocenters. The van der Waals surface area contributed by atoms with E-state index in [0.29, 0.717) is 12.1 Å². The highest BCUT2D eigenvalue weighted by atomic mass is 15.3. The topological polar surface area (TPSA) is 33.1 Å². The van der Waals surface area contributed by atoms with Crippen LogP contribution in [-0.2, 0) is 6.54 Å². The predicted octanol–water partition coefficient (Wildman–Crippen LogP) is 2.25. The summed E-state index contributed by atoms with van der Waals surface area (Å²) in [6, 6.07) is 1.29. The molecule has 1 saturated carbocycles. The Kier molecular flexibility index (Phi) is 3.29. The second-order valence-electron chi connectivity index (χ2n) is 5.87. The normalized spacial score (nSPS) is 22.3. The lowest BCUT2D eigenvalue weighted by Crippen LogP contribution is -2.33. The molecule has 1 saturated heterocycles. The Labute approximate surface area is 109 Å². The summed E-state index contributed by atoms with van der Waals surface area (Å²) in [5.41, 5.74) is 1.12. The fourth-order valence-electron chi connectivity index (χ4n) is 2.79. The highest BCUT2D eigenvalue weighted by Gasteiger charge is 2.24. The van der Waals surface area contributed by atoms with Gasteiger partial charge in [-0.15, -0.1) is 0 Å². The smallest absolute Gasteiger partial charge is 0.203 e. The van der Waals surface area contributed by atoms with Crippen LogP contribution in [0.1, 0.15) is 38.3 Å². The van der Waals surface area contributed by atoms with Crippen LogP contribution in [0.15, 0.2) is 6.20 Å². The van der Waals surface area contributed by atoms with Crippen molar-refractivity contribution >= 4 is 5.95 Å². The maximum Gasteiger partial charge on any atom is 0.203 e. The fraction of sp³-hybridized carbons (Fsp3) is 0.786. The molecule has 1 aromatic heterocycles. The van der Waals surface area contributed by atoms with Crippen LogP contribution in [0.5, 0.6) is 0 Å². The van der Waals surface area contributed by atoms with E-state index in [1.165, 1.54) is 38.8 Å². The molecule has 1 aliphatic carbocycles. The van der Waals surface area contributed by atoms with Crippen molar-refractivity contribution in [1.29, 1.82) is 0 Å². The Morgan fingerprint density at radius 3 is 2.78 bits per heavy atom. The van der Waals surface area contributed by atoms with Gasteiger partial charge in [0.25, 0.3) is 0 Å². The summed E-state index contributed by atoms with van der Waals surface area (Å²) >= 11 is 0. The van der Waals surface area contributed by atoms with Crippen molar-refractivity contribution in [2.45, 2.75) is 58.2 Å². The van der Waals surface area contributed by atoms with Gasteiger partial charge in [0.2, 0.25) is 5.95 Å². The van der Waals surface area contributed by atoms with Crippen molar-refractivity contribution in [3.63, 3.8) is 0 Å². The maximum atomic E-state index is 4.60.